The lowest BCUT2D eigenvalue weighted by molar-refractivity contribution is -0.122. The van der Waals surface area contributed by atoms with Crippen molar-refractivity contribution in [3.05, 3.63) is 75.5 Å². The lowest BCUT2D eigenvalue weighted by atomic mass is 10.1. The van der Waals surface area contributed by atoms with E-state index in [9.17, 15) is 9.59 Å². The molecule has 11 heteroatoms. The molecule has 0 aliphatic carbocycles. The van der Waals surface area contributed by atoms with Gasteiger partial charge in [-0.2, -0.15) is 4.80 Å². The van der Waals surface area contributed by atoms with Crippen LogP contribution in [0.3, 0.4) is 0 Å². The molecule has 34 heavy (non-hydrogen) atoms. The molecule has 3 rings (SSSR count). The number of ether oxygens (including phenoxy) is 2. The average molecular weight is 506 g/mol. The van der Waals surface area contributed by atoms with Crippen molar-refractivity contribution in [1.29, 1.82) is 0 Å². The van der Waals surface area contributed by atoms with Crippen molar-refractivity contribution in [2.75, 3.05) is 13.2 Å². The predicted octanol–water partition coefficient (Wildman–Crippen LogP) is 3.86. The number of hydrogen-bond donors (Lipinski definition) is 1. The van der Waals surface area contributed by atoms with Crippen molar-refractivity contribution in [3.8, 4) is 0 Å². The standard InChI is InChI=1S/C23H25Cl2N5O4/c1-2-20(26-23(32)34-12-11-33-15-16-7-4-3-5-8-16)21(31)14-30-28-22(27-29-30)13-17-18(24)9-6-10-19(17)25/h3-10,20H,2,11-15H2,1H3,(H,26,32). The number of nitrogens with one attached hydrogen (secondary N) is 1. The third kappa shape index (κ3) is 7.79. The van der Waals surface area contributed by atoms with Crippen LogP contribution in [-0.2, 0) is 33.8 Å². The maximum Gasteiger partial charge on any atom is 0.407 e. The van der Waals surface area contributed by atoms with Gasteiger partial charge in [0.25, 0.3) is 0 Å². The Hall–Kier alpha value is -3.01. The van der Waals surface area contributed by atoms with Crippen LogP contribution in [0.2, 0.25) is 10.0 Å². The minimum absolute atomic E-state index is 0.0713. The van der Waals surface area contributed by atoms with E-state index < -0.39 is 12.1 Å². The van der Waals surface area contributed by atoms with Gasteiger partial charge >= 0.3 is 6.09 Å². The number of nitrogens with zero attached hydrogens (tertiary/aromatic N) is 4. The summed E-state index contributed by atoms with van der Waals surface area (Å²) in [6, 6.07) is 14.1. The van der Waals surface area contributed by atoms with Gasteiger partial charge in [-0.1, -0.05) is 66.5 Å². The molecule has 9 nitrogen and oxygen atoms in total. The Morgan fingerprint density at radius 3 is 2.50 bits per heavy atom. The van der Waals surface area contributed by atoms with Crippen LogP contribution in [-0.4, -0.2) is 51.3 Å². The number of aromatic nitrogens is 4. The molecule has 0 saturated carbocycles. The fourth-order valence-electron chi connectivity index (χ4n) is 3.07. The first-order chi connectivity index (χ1) is 16.5. The van der Waals surface area contributed by atoms with E-state index in [1.807, 2.05) is 30.3 Å². The average Bonchev–Trinajstić information content (AvgIpc) is 3.27. The van der Waals surface area contributed by atoms with Crippen molar-refractivity contribution < 1.29 is 19.1 Å². The summed E-state index contributed by atoms with van der Waals surface area (Å²) < 4.78 is 10.6. The summed E-state index contributed by atoms with van der Waals surface area (Å²) in [4.78, 5) is 25.9. The smallest absolute Gasteiger partial charge is 0.407 e. The van der Waals surface area contributed by atoms with Crippen LogP contribution in [0.15, 0.2) is 48.5 Å². The normalized spacial score (nSPS) is 11.7. The highest BCUT2D eigenvalue weighted by molar-refractivity contribution is 6.36. The molecule has 0 fully saturated rings. The number of amides is 1. The Morgan fingerprint density at radius 2 is 1.79 bits per heavy atom. The van der Waals surface area contributed by atoms with E-state index in [0.717, 1.165) is 5.56 Å². The van der Waals surface area contributed by atoms with E-state index in [4.69, 9.17) is 32.7 Å². The summed E-state index contributed by atoms with van der Waals surface area (Å²) >= 11 is 12.4. The maximum absolute atomic E-state index is 12.6. The van der Waals surface area contributed by atoms with E-state index in [2.05, 4.69) is 20.7 Å². The second kappa shape index (κ2) is 13.0. The number of carbonyl (C=O) groups is 2. The molecule has 2 aromatic carbocycles. The highest BCUT2D eigenvalue weighted by atomic mass is 35.5. The summed E-state index contributed by atoms with van der Waals surface area (Å²) in [7, 11) is 0. The van der Waals surface area contributed by atoms with Gasteiger partial charge in [0.1, 0.15) is 13.2 Å². The van der Waals surface area contributed by atoms with Crippen LogP contribution in [0.5, 0.6) is 0 Å². The molecular formula is C23H25Cl2N5O4. The van der Waals surface area contributed by atoms with Gasteiger partial charge in [0.05, 0.1) is 19.3 Å². The molecule has 1 aromatic heterocycles. The molecule has 0 spiro atoms. The number of ketones is 1. The van der Waals surface area contributed by atoms with Gasteiger partial charge in [-0.25, -0.2) is 4.79 Å². The van der Waals surface area contributed by atoms with Crippen molar-refractivity contribution in [3.63, 3.8) is 0 Å². The number of rotatable bonds is 12. The van der Waals surface area contributed by atoms with Crippen LogP contribution in [0.4, 0.5) is 4.79 Å². The molecule has 1 unspecified atom stereocenters. The van der Waals surface area contributed by atoms with Gasteiger partial charge in [-0.05, 0) is 34.9 Å². The van der Waals surface area contributed by atoms with Gasteiger partial charge < -0.3 is 14.8 Å². The Bertz CT molecular complexity index is 1070. The predicted molar refractivity (Wildman–Crippen MR) is 127 cm³/mol. The van der Waals surface area contributed by atoms with Crippen LogP contribution in [0.25, 0.3) is 0 Å². The molecule has 1 amide bonds. The Labute approximate surface area is 207 Å². The number of carbonyl (C=O) groups excluding carboxylic acids is 2. The first-order valence-corrected chi connectivity index (χ1v) is 11.5. The highest BCUT2D eigenvalue weighted by Gasteiger charge is 2.21. The van der Waals surface area contributed by atoms with Gasteiger partial charge in [0, 0.05) is 16.5 Å². The topological polar surface area (TPSA) is 108 Å². The van der Waals surface area contributed by atoms with Crippen molar-refractivity contribution in [2.45, 2.75) is 39.0 Å². The van der Waals surface area contributed by atoms with Crippen LogP contribution < -0.4 is 5.32 Å². The monoisotopic (exact) mass is 505 g/mol. The molecule has 1 atom stereocenters. The van der Waals surface area contributed by atoms with Crippen LogP contribution in [0, 0.1) is 0 Å². The molecule has 0 aliphatic rings. The fourth-order valence-corrected chi connectivity index (χ4v) is 3.61. The van der Waals surface area contributed by atoms with Gasteiger partial charge in [0.15, 0.2) is 11.6 Å². The molecule has 3 aromatic rings. The number of hydrogen-bond acceptors (Lipinski definition) is 7. The SMILES string of the molecule is CCC(NC(=O)OCCOCc1ccccc1)C(=O)Cn1nnc(Cc2c(Cl)cccc2Cl)n1. The van der Waals surface area contributed by atoms with Crippen molar-refractivity contribution in [2.24, 2.45) is 0 Å². The van der Waals surface area contributed by atoms with E-state index >= 15 is 0 Å². The largest absolute Gasteiger partial charge is 0.447 e. The third-order valence-electron chi connectivity index (χ3n) is 4.85. The summed E-state index contributed by atoms with van der Waals surface area (Å²) in [6.45, 7) is 2.38. The minimum atomic E-state index is -0.745. The summed E-state index contributed by atoms with van der Waals surface area (Å²) in [5, 5.41) is 15.6. The number of tetrazole rings is 1. The zero-order chi connectivity index (χ0) is 24.3. The summed E-state index contributed by atoms with van der Waals surface area (Å²) in [5.74, 6) is 0.0956. The molecule has 0 bridgehead atoms. The minimum Gasteiger partial charge on any atom is -0.447 e. The molecule has 1 heterocycles. The van der Waals surface area contributed by atoms with E-state index in [-0.39, 0.29) is 32.0 Å². The number of Topliss-reactive ketones (excluding diaryl/α,β-unsaturated/α-hetero) is 1. The van der Waals surface area contributed by atoms with Crippen molar-refractivity contribution >= 4 is 35.1 Å². The molecular weight excluding hydrogens is 481 g/mol. The second-order valence-electron chi connectivity index (χ2n) is 7.36. The Morgan fingerprint density at radius 1 is 1.06 bits per heavy atom. The summed E-state index contributed by atoms with van der Waals surface area (Å²) in [6.07, 6.45) is -0.0279. The zero-order valence-corrected chi connectivity index (χ0v) is 20.1. The maximum atomic E-state index is 12.6. The lowest BCUT2D eigenvalue weighted by Crippen LogP contribution is -2.42. The number of alkyl carbamates (subject to hydrolysis) is 1. The third-order valence-corrected chi connectivity index (χ3v) is 5.56. The Balaban J connectivity index is 1.42. The van der Waals surface area contributed by atoms with Crippen molar-refractivity contribution in [1.82, 2.24) is 25.5 Å². The number of benzene rings is 2. The first-order valence-electron chi connectivity index (χ1n) is 10.7. The lowest BCUT2D eigenvalue weighted by Gasteiger charge is -2.15. The van der Waals surface area contributed by atoms with E-state index in [0.29, 0.717) is 34.5 Å². The highest BCUT2D eigenvalue weighted by Crippen LogP contribution is 2.25. The summed E-state index contributed by atoms with van der Waals surface area (Å²) in [5.41, 5.74) is 1.71. The molecule has 180 valence electrons. The molecule has 0 radical (unpaired) electrons. The van der Waals surface area contributed by atoms with E-state index in [1.165, 1.54) is 4.80 Å². The van der Waals surface area contributed by atoms with Gasteiger partial charge in [-0.15, -0.1) is 10.2 Å². The number of halogens is 2. The Kier molecular flexibility index (Phi) is 9.81. The first kappa shape index (κ1) is 25.6. The molecule has 1 N–H and O–H groups in total. The van der Waals surface area contributed by atoms with Gasteiger partial charge in [0.2, 0.25) is 0 Å². The van der Waals surface area contributed by atoms with Gasteiger partial charge in [-0.3, -0.25) is 4.79 Å². The fraction of sp³-hybridized carbons (Fsp3) is 0.348. The zero-order valence-electron chi connectivity index (χ0n) is 18.6. The molecule has 0 aliphatic heterocycles. The van der Waals surface area contributed by atoms with Crippen LogP contribution in [0.1, 0.15) is 30.3 Å². The van der Waals surface area contributed by atoms with E-state index in [1.54, 1.807) is 25.1 Å². The second-order valence-corrected chi connectivity index (χ2v) is 8.17. The molecule has 0 saturated heterocycles. The quantitative estimate of drug-likeness (QED) is 0.372. The van der Waals surface area contributed by atoms with Crippen LogP contribution >= 0.6 is 23.2 Å².